The average molecular weight is 286 g/mol. The van der Waals surface area contributed by atoms with Gasteiger partial charge in [-0.25, -0.2) is 4.79 Å². The second kappa shape index (κ2) is 7.38. The first kappa shape index (κ1) is 15.0. The zero-order chi connectivity index (χ0) is 14.3. The molecule has 0 amide bonds. The molecule has 1 aromatic carbocycles. The van der Waals surface area contributed by atoms with Gasteiger partial charge < -0.3 is 9.47 Å². The summed E-state index contributed by atoms with van der Waals surface area (Å²) >= 11 is 5.82. The molecule has 0 unspecified atom stereocenters. The van der Waals surface area contributed by atoms with Gasteiger partial charge in [-0.2, -0.15) is 0 Å². The maximum absolute atomic E-state index is 11.0. The third-order valence-electron chi connectivity index (χ3n) is 2.00. The van der Waals surface area contributed by atoms with Crippen LogP contribution >= 0.6 is 11.6 Å². The van der Waals surface area contributed by atoms with Crippen LogP contribution in [0.15, 0.2) is 30.4 Å². The smallest absolute Gasteiger partial charge is 0.330 e. The predicted octanol–water partition coefficient (Wildman–Crippen LogP) is 2.75. The summed E-state index contributed by atoms with van der Waals surface area (Å²) in [6, 6.07) is 3.89. The molecule has 0 saturated carbocycles. The normalized spacial score (nSPS) is 10.4. The van der Waals surface area contributed by atoms with Crippen LogP contribution in [0.4, 0.5) is 5.69 Å². The van der Waals surface area contributed by atoms with Crippen LogP contribution < -0.4 is 4.74 Å². The number of nitro benzene ring substituents is 1. The highest BCUT2D eigenvalue weighted by molar-refractivity contribution is 6.32. The van der Waals surface area contributed by atoms with E-state index in [0.29, 0.717) is 12.4 Å². The predicted molar refractivity (Wildman–Crippen MR) is 69.4 cm³/mol. The van der Waals surface area contributed by atoms with Gasteiger partial charge in [0.2, 0.25) is 0 Å². The van der Waals surface area contributed by atoms with Crippen molar-refractivity contribution >= 4 is 23.3 Å². The number of hydrogen-bond donors (Lipinski definition) is 0. The van der Waals surface area contributed by atoms with Crippen LogP contribution in [-0.4, -0.2) is 24.1 Å². The van der Waals surface area contributed by atoms with Crippen molar-refractivity contribution in [1.29, 1.82) is 0 Å². The first-order chi connectivity index (χ1) is 9.04. The number of carbonyl (C=O) groups excluding carboxylic acids is 1. The minimum Gasteiger partial charge on any atom is -0.488 e. The quantitative estimate of drug-likeness (QED) is 0.347. The number of rotatable bonds is 6. The number of nitrogens with zero attached hydrogens (tertiary/aromatic N) is 1. The Kier molecular flexibility index (Phi) is 5.81. The lowest BCUT2D eigenvalue weighted by molar-refractivity contribution is -0.384. The van der Waals surface area contributed by atoms with Crippen molar-refractivity contribution in [2.75, 3.05) is 13.2 Å². The molecule has 7 heteroatoms. The van der Waals surface area contributed by atoms with Gasteiger partial charge in [-0.15, -0.1) is 0 Å². The monoisotopic (exact) mass is 285 g/mol. The van der Waals surface area contributed by atoms with Crippen molar-refractivity contribution in [2.45, 2.75) is 6.92 Å². The van der Waals surface area contributed by atoms with Crippen LogP contribution in [0.3, 0.4) is 0 Å². The van der Waals surface area contributed by atoms with Crippen molar-refractivity contribution in [3.8, 4) is 5.75 Å². The SMILES string of the molecule is CCOC(=O)/C=C/COc1ccc([N+](=O)[O-])cc1Cl. The molecule has 1 aromatic rings. The van der Waals surface area contributed by atoms with Gasteiger partial charge in [-0.05, 0) is 19.1 Å². The van der Waals surface area contributed by atoms with Crippen LogP contribution in [0.2, 0.25) is 5.02 Å². The van der Waals surface area contributed by atoms with E-state index in [1.807, 2.05) is 0 Å². The standard InChI is InChI=1S/C12H12ClNO5/c1-2-18-12(15)4-3-7-19-11-6-5-9(14(16)17)8-10(11)13/h3-6,8H,2,7H2,1H3/b4-3+. The van der Waals surface area contributed by atoms with Crippen LogP contribution in [0.5, 0.6) is 5.75 Å². The average Bonchev–Trinajstić information content (AvgIpc) is 2.36. The summed E-state index contributed by atoms with van der Waals surface area (Å²) in [6.45, 7) is 2.12. The van der Waals surface area contributed by atoms with E-state index >= 15 is 0 Å². The first-order valence-corrected chi connectivity index (χ1v) is 5.82. The zero-order valence-corrected chi connectivity index (χ0v) is 10.9. The van der Waals surface area contributed by atoms with Crippen molar-refractivity contribution < 1.29 is 19.2 Å². The molecule has 0 aliphatic carbocycles. The summed E-state index contributed by atoms with van der Waals surface area (Å²) in [7, 11) is 0. The van der Waals surface area contributed by atoms with Gasteiger partial charge in [0.25, 0.3) is 5.69 Å². The van der Waals surface area contributed by atoms with Crippen LogP contribution in [-0.2, 0) is 9.53 Å². The number of ether oxygens (including phenoxy) is 2. The fourth-order valence-electron chi connectivity index (χ4n) is 1.19. The number of esters is 1. The number of benzene rings is 1. The second-order valence-electron chi connectivity index (χ2n) is 3.34. The van der Waals surface area contributed by atoms with E-state index in [1.165, 1.54) is 30.4 Å². The highest BCUT2D eigenvalue weighted by Crippen LogP contribution is 2.28. The van der Waals surface area contributed by atoms with Crippen LogP contribution in [0.25, 0.3) is 0 Å². The topological polar surface area (TPSA) is 78.7 Å². The summed E-state index contributed by atoms with van der Waals surface area (Å²) in [6.07, 6.45) is 2.71. The molecule has 0 bridgehead atoms. The van der Waals surface area contributed by atoms with Crippen molar-refractivity contribution in [3.63, 3.8) is 0 Å². The number of carbonyl (C=O) groups is 1. The Labute approximate surface area is 114 Å². The molecule has 19 heavy (non-hydrogen) atoms. The molecule has 0 N–H and O–H groups in total. The van der Waals surface area contributed by atoms with E-state index in [9.17, 15) is 14.9 Å². The number of hydrogen-bond acceptors (Lipinski definition) is 5. The lowest BCUT2D eigenvalue weighted by Crippen LogP contribution is -2.01. The molecular weight excluding hydrogens is 274 g/mol. The number of nitro groups is 1. The summed E-state index contributed by atoms with van der Waals surface area (Å²) in [5.74, 6) is -0.151. The summed E-state index contributed by atoms with van der Waals surface area (Å²) in [5.41, 5.74) is -0.112. The van der Waals surface area contributed by atoms with E-state index < -0.39 is 10.9 Å². The van der Waals surface area contributed by atoms with Crippen molar-refractivity contribution in [1.82, 2.24) is 0 Å². The molecule has 0 aromatic heterocycles. The van der Waals surface area contributed by atoms with Crippen molar-refractivity contribution in [2.24, 2.45) is 0 Å². The molecule has 0 radical (unpaired) electrons. The van der Waals surface area contributed by atoms with Gasteiger partial charge >= 0.3 is 5.97 Å². The summed E-state index contributed by atoms with van der Waals surface area (Å²) in [5, 5.41) is 10.6. The molecule has 6 nitrogen and oxygen atoms in total. The van der Waals surface area contributed by atoms with E-state index in [1.54, 1.807) is 6.92 Å². The Morgan fingerprint density at radius 1 is 1.53 bits per heavy atom. The lowest BCUT2D eigenvalue weighted by Gasteiger charge is -2.04. The molecule has 0 saturated heterocycles. The molecule has 0 aliphatic heterocycles. The highest BCUT2D eigenvalue weighted by atomic mass is 35.5. The molecule has 0 atom stereocenters. The van der Waals surface area contributed by atoms with Gasteiger partial charge in [0.05, 0.1) is 16.6 Å². The highest BCUT2D eigenvalue weighted by Gasteiger charge is 2.09. The molecular formula is C12H12ClNO5. The maximum atomic E-state index is 11.0. The van der Waals surface area contributed by atoms with E-state index in [0.717, 1.165) is 0 Å². The third-order valence-corrected chi connectivity index (χ3v) is 2.30. The maximum Gasteiger partial charge on any atom is 0.330 e. The fraction of sp³-hybridized carbons (Fsp3) is 0.250. The van der Waals surface area contributed by atoms with Gasteiger partial charge in [-0.3, -0.25) is 10.1 Å². The number of non-ortho nitro benzene ring substituents is 1. The molecule has 0 fully saturated rings. The number of halogens is 1. The Morgan fingerprint density at radius 2 is 2.26 bits per heavy atom. The molecule has 1 rings (SSSR count). The van der Waals surface area contributed by atoms with Gasteiger partial charge in [-0.1, -0.05) is 11.6 Å². The third kappa shape index (κ3) is 4.97. The minimum atomic E-state index is -0.545. The molecule has 0 spiro atoms. The van der Waals surface area contributed by atoms with Crippen LogP contribution in [0, 0.1) is 10.1 Å². The van der Waals surface area contributed by atoms with Crippen LogP contribution in [0.1, 0.15) is 6.92 Å². The minimum absolute atomic E-state index is 0.107. The fourth-order valence-corrected chi connectivity index (χ4v) is 1.42. The second-order valence-corrected chi connectivity index (χ2v) is 3.74. The summed E-state index contributed by atoms with van der Waals surface area (Å²) in [4.78, 5) is 20.9. The molecule has 0 heterocycles. The Bertz CT molecular complexity index is 501. The Balaban J connectivity index is 2.54. The van der Waals surface area contributed by atoms with E-state index in [4.69, 9.17) is 16.3 Å². The summed E-state index contributed by atoms with van der Waals surface area (Å²) < 4.78 is 9.93. The Hall–Kier alpha value is -2.08. The lowest BCUT2D eigenvalue weighted by atomic mass is 10.3. The molecule has 0 aliphatic rings. The van der Waals surface area contributed by atoms with Gasteiger partial charge in [0.1, 0.15) is 12.4 Å². The van der Waals surface area contributed by atoms with E-state index in [-0.39, 0.29) is 17.3 Å². The van der Waals surface area contributed by atoms with Gasteiger partial charge in [0, 0.05) is 18.2 Å². The van der Waals surface area contributed by atoms with E-state index in [2.05, 4.69) is 4.74 Å². The first-order valence-electron chi connectivity index (χ1n) is 5.44. The Morgan fingerprint density at radius 3 is 2.84 bits per heavy atom. The van der Waals surface area contributed by atoms with Crippen molar-refractivity contribution in [3.05, 3.63) is 45.5 Å². The zero-order valence-electron chi connectivity index (χ0n) is 10.2. The van der Waals surface area contributed by atoms with Gasteiger partial charge in [0.15, 0.2) is 0 Å². The molecule has 102 valence electrons. The largest absolute Gasteiger partial charge is 0.488 e.